The van der Waals surface area contributed by atoms with E-state index in [1.807, 2.05) is 25.1 Å². The van der Waals surface area contributed by atoms with Crippen molar-refractivity contribution in [3.05, 3.63) is 35.5 Å². The largest absolute Gasteiger partial charge is 0.481 e. The summed E-state index contributed by atoms with van der Waals surface area (Å²) in [5, 5.41) is 21.0. The van der Waals surface area contributed by atoms with Crippen LogP contribution in [0.1, 0.15) is 43.0 Å². The third kappa shape index (κ3) is 3.91. The molecule has 1 aliphatic rings. The number of ether oxygens (including phenoxy) is 1. The molecule has 1 saturated carbocycles. The Kier molecular flexibility index (Phi) is 5.42. The lowest BCUT2D eigenvalue weighted by Crippen LogP contribution is -2.27. The molecule has 7 heteroatoms. The van der Waals surface area contributed by atoms with Gasteiger partial charge in [-0.3, -0.25) is 5.10 Å². The maximum absolute atomic E-state index is 10.3. The highest BCUT2D eigenvalue weighted by Gasteiger charge is 2.35. The number of rotatable bonds is 7. The summed E-state index contributed by atoms with van der Waals surface area (Å²) in [6.45, 7) is 3.46. The quantitative estimate of drug-likeness (QED) is 0.710. The normalized spacial score (nSPS) is 23.5. The monoisotopic (exact) mass is 331 g/mol. The Bertz CT molecular complexity index is 660. The molecule has 7 nitrogen and oxygen atoms in total. The maximum atomic E-state index is 10.3. The van der Waals surface area contributed by atoms with Crippen molar-refractivity contribution in [2.75, 3.05) is 13.7 Å². The first-order valence-corrected chi connectivity index (χ1v) is 8.49. The number of nitrogens with zero attached hydrogens (tertiary/aromatic N) is 3. The molecule has 3 atom stereocenters. The van der Waals surface area contributed by atoms with Crippen molar-refractivity contribution in [3.8, 4) is 5.88 Å². The van der Waals surface area contributed by atoms with E-state index in [-0.39, 0.29) is 17.9 Å². The van der Waals surface area contributed by atoms with Crippen LogP contribution in [0, 0.1) is 5.92 Å². The average Bonchev–Trinajstić information content (AvgIpc) is 3.22. The summed E-state index contributed by atoms with van der Waals surface area (Å²) in [5.41, 5.74) is 0.931. The Morgan fingerprint density at radius 1 is 1.33 bits per heavy atom. The van der Waals surface area contributed by atoms with Gasteiger partial charge in [0.15, 0.2) is 5.82 Å². The Hall–Kier alpha value is -1.99. The van der Waals surface area contributed by atoms with Gasteiger partial charge in [-0.15, -0.1) is 0 Å². The highest BCUT2D eigenvalue weighted by molar-refractivity contribution is 5.15. The van der Waals surface area contributed by atoms with Gasteiger partial charge in [-0.25, -0.2) is 9.97 Å². The molecular formula is C17H25N5O2. The van der Waals surface area contributed by atoms with Crippen molar-refractivity contribution < 1.29 is 9.84 Å². The number of aliphatic hydroxyl groups is 1. The van der Waals surface area contributed by atoms with E-state index in [0.29, 0.717) is 12.4 Å². The number of H-pyrrole nitrogens is 1. The first-order valence-electron chi connectivity index (χ1n) is 8.49. The van der Waals surface area contributed by atoms with E-state index < -0.39 is 0 Å². The fraction of sp³-hybridized carbons (Fsp3) is 0.588. The van der Waals surface area contributed by atoms with Gasteiger partial charge >= 0.3 is 0 Å². The molecule has 2 heterocycles. The Morgan fingerprint density at radius 3 is 2.96 bits per heavy atom. The number of aromatic nitrogens is 4. The van der Waals surface area contributed by atoms with Crippen LogP contribution in [0.25, 0.3) is 0 Å². The fourth-order valence-electron chi connectivity index (χ4n) is 3.24. The van der Waals surface area contributed by atoms with Crippen molar-refractivity contribution in [2.24, 2.45) is 5.92 Å². The van der Waals surface area contributed by atoms with Crippen LogP contribution in [0.3, 0.4) is 0 Å². The molecule has 0 unspecified atom stereocenters. The lowest BCUT2D eigenvalue weighted by molar-refractivity contribution is 0.131. The molecule has 0 aliphatic heterocycles. The average molecular weight is 331 g/mol. The molecule has 0 amide bonds. The van der Waals surface area contributed by atoms with E-state index in [1.165, 1.54) is 0 Å². The number of methoxy groups -OCH3 is 1. The smallest absolute Gasteiger partial charge is 0.213 e. The molecule has 2 aromatic rings. The van der Waals surface area contributed by atoms with Gasteiger partial charge in [0.25, 0.3) is 0 Å². The lowest BCUT2D eigenvalue weighted by Gasteiger charge is -2.15. The van der Waals surface area contributed by atoms with Crippen molar-refractivity contribution in [1.82, 2.24) is 25.5 Å². The van der Waals surface area contributed by atoms with Gasteiger partial charge in [0.2, 0.25) is 5.88 Å². The number of aryl methyl sites for hydroxylation is 1. The van der Waals surface area contributed by atoms with Crippen molar-refractivity contribution >= 4 is 0 Å². The van der Waals surface area contributed by atoms with E-state index in [1.54, 1.807) is 7.11 Å². The van der Waals surface area contributed by atoms with Crippen LogP contribution < -0.4 is 10.1 Å². The molecule has 3 N–H and O–H groups in total. The third-order valence-electron chi connectivity index (χ3n) is 4.61. The van der Waals surface area contributed by atoms with E-state index in [4.69, 9.17) is 4.74 Å². The molecule has 1 fully saturated rings. The van der Waals surface area contributed by atoms with Gasteiger partial charge in [0, 0.05) is 31.5 Å². The minimum absolute atomic E-state index is 0.212. The van der Waals surface area contributed by atoms with Gasteiger partial charge < -0.3 is 15.2 Å². The van der Waals surface area contributed by atoms with Gasteiger partial charge in [0.1, 0.15) is 5.82 Å². The predicted molar refractivity (Wildman–Crippen MR) is 89.7 cm³/mol. The fourth-order valence-corrected chi connectivity index (χ4v) is 3.24. The van der Waals surface area contributed by atoms with Crippen LogP contribution in [0.15, 0.2) is 18.2 Å². The number of nitrogens with one attached hydrogen (secondary N) is 2. The molecule has 0 spiro atoms. The third-order valence-corrected chi connectivity index (χ3v) is 4.61. The zero-order chi connectivity index (χ0) is 16.9. The van der Waals surface area contributed by atoms with Crippen molar-refractivity contribution in [2.45, 2.75) is 44.8 Å². The number of hydrogen-bond acceptors (Lipinski definition) is 6. The Morgan fingerprint density at radius 2 is 2.21 bits per heavy atom. The number of pyridine rings is 1. The highest BCUT2D eigenvalue weighted by Crippen LogP contribution is 2.36. The van der Waals surface area contributed by atoms with E-state index in [2.05, 4.69) is 25.5 Å². The molecule has 130 valence electrons. The second-order valence-corrected chi connectivity index (χ2v) is 6.29. The summed E-state index contributed by atoms with van der Waals surface area (Å²) in [6.07, 6.45) is 2.16. The lowest BCUT2D eigenvalue weighted by atomic mass is 10.0. The number of aromatic amines is 1. The summed E-state index contributed by atoms with van der Waals surface area (Å²) < 4.78 is 5.13. The van der Waals surface area contributed by atoms with Crippen molar-refractivity contribution in [1.29, 1.82) is 0 Å². The first kappa shape index (κ1) is 16.9. The van der Waals surface area contributed by atoms with Gasteiger partial charge in [0.05, 0.1) is 18.9 Å². The van der Waals surface area contributed by atoms with Gasteiger partial charge in [-0.05, 0) is 24.8 Å². The maximum Gasteiger partial charge on any atom is 0.213 e. The van der Waals surface area contributed by atoms with Crippen molar-refractivity contribution in [3.63, 3.8) is 0 Å². The minimum atomic E-state index is -0.315. The zero-order valence-corrected chi connectivity index (χ0v) is 14.2. The summed E-state index contributed by atoms with van der Waals surface area (Å²) in [7, 11) is 1.61. The SMILES string of the molecule is CCc1nc([C@H]2C[C@H](CNCc3cccc(OC)n3)[C@H](O)C2)n[nH]1. The van der Waals surface area contributed by atoms with Crippen LogP contribution in [-0.4, -0.2) is 45.0 Å². The topological polar surface area (TPSA) is 96.0 Å². The molecular weight excluding hydrogens is 306 g/mol. The summed E-state index contributed by atoms with van der Waals surface area (Å²) in [5.74, 6) is 2.81. The standard InChI is InChI=1S/C17H25N5O2/c1-3-15-20-17(22-21-15)11-7-12(14(23)8-11)9-18-10-13-5-4-6-16(19-13)24-2/h4-6,11-12,14,18,23H,3,7-10H2,1-2H3,(H,20,21,22)/t11-,12+,14+/m0/s1. The molecule has 3 rings (SSSR count). The minimum Gasteiger partial charge on any atom is -0.481 e. The molecule has 24 heavy (non-hydrogen) atoms. The molecule has 2 aromatic heterocycles. The summed E-state index contributed by atoms with van der Waals surface area (Å²) >= 11 is 0. The van der Waals surface area contributed by atoms with Gasteiger partial charge in [-0.2, -0.15) is 5.10 Å². The second kappa shape index (κ2) is 7.72. The molecule has 0 radical (unpaired) electrons. The van der Waals surface area contributed by atoms with E-state index >= 15 is 0 Å². The van der Waals surface area contributed by atoms with E-state index in [0.717, 1.165) is 43.1 Å². The first-order chi connectivity index (χ1) is 11.7. The zero-order valence-electron chi connectivity index (χ0n) is 14.2. The number of hydrogen-bond donors (Lipinski definition) is 3. The van der Waals surface area contributed by atoms with Crippen LogP contribution in [0.5, 0.6) is 5.88 Å². The van der Waals surface area contributed by atoms with Crippen LogP contribution in [0.4, 0.5) is 0 Å². The van der Waals surface area contributed by atoms with E-state index in [9.17, 15) is 5.11 Å². The van der Waals surface area contributed by atoms with Gasteiger partial charge in [-0.1, -0.05) is 13.0 Å². The Labute approximate surface area is 141 Å². The molecule has 0 saturated heterocycles. The second-order valence-electron chi connectivity index (χ2n) is 6.29. The molecule has 0 bridgehead atoms. The summed E-state index contributed by atoms with van der Waals surface area (Å²) in [4.78, 5) is 8.88. The highest BCUT2D eigenvalue weighted by atomic mass is 16.5. The predicted octanol–water partition coefficient (Wildman–Crippen LogP) is 1.41. The van der Waals surface area contributed by atoms with Crippen LogP contribution in [-0.2, 0) is 13.0 Å². The molecule has 1 aliphatic carbocycles. The van der Waals surface area contributed by atoms with Crippen LogP contribution >= 0.6 is 0 Å². The Balaban J connectivity index is 1.50. The molecule has 0 aromatic carbocycles. The van der Waals surface area contributed by atoms with Crippen LogP contribution in [0.2, 0.25) is 0 Å². The number of aliphatic hydroxyl groups excluding tert-OH is 1. The summed E-state index contributed by atoms with van der Waals surface area (Å²) in [6, 6.07) is 5.72.